The number of nitrogens with zero attached hydrogens (tertiary/aromatic N) is 6. The summed E-state index contributed by atoms with van der Waals surface area (Å²) in [5, 5.41) is 5.65. The molecule has 2 aromatic heterocycles. The van der Waals surface area contributed by atoms with E-state index < -0.39 is 0 Å². The second kappa shape index (κ2) is 10.2. The number of anilines is 1. The van der Waals surface area contributed by atoms with Gasteiger partial charge in [0, 0.05) is 38.2 Å². The lowest BCUT2D eigenvalue weighted by atomic mass is 10.1. The largest absolute Gasteiger partial charge is 0.454 e. The van der Waals surface area contributed by atoms with Gasteiger partial charge in [-0.1, -0.05) is 13.8 Å². The number of carbonyl (C=O) groups excluding carboxylic acids is 1. The van der Waals surface area contributed by atoms with Gasteiger partial charge < -0.3 is 19.3 Å². The third-order valence-corrected chi connectivity index (χ3v) is 7.23. The molecule has 0 unspecified atom stereocenters. The molecule has 6 rings (SSSR count). The van der Waals surface area contributed by atoms with Crippen LogP contribution in [0.15, 0.2) is 42.5 Å². The Balaban J connectivity index is 1.29. The smallest absolute Gasteiger partial charge is 0.254 e. The summed E-state index contributed by atoms with van der Waals surface area (Å²) >= 11 is 0. The molecule has 0 aliphatic carbocycles. The van der Waals surface area contributed by atoms with E-state index in [2.05, 4.69) is 18.7 Å². The summed E-state index contributed by atoms with van der Waals surface area (Å²) in [6.45, 7) is 8.88. The zero-order valence-corrected chi connectivity index (χ0v) is 22.4. The van der Waals surface area contributed by atoms with E-state index in [-0.39, 0.29) is 18.5 Å². The van der Waals surface area contributed by atoms with Gasteiger partial charge in [-0.2, -0.15) is 5.10 Å². The van der Waals surface area contributed by atoms with E-state index in [9.17, 15) is 9.18 Å². The molecule has 0 atom stereocenters. The number of piperazine rings is 1. The number of amides is 1. The lowest BCUT2D eigenvalue weighted by molar-refractivity contribution is 0.0746. The highest BCUT2D eigenvalue weighted by atomic mass is 19.1. The maximum Gasteiger partial charge on any atom is 0.254 e. The van der Waals surface area contributed by atoms with Crippen LogP contribution in [0.3, 0.4) is 0 Å². The minimum atomic E-state index is -0.298. The molecule has 0 spiro atoms. The van der Waals surface area contributed by atoms with Crippen LogP contribution in [-0.2, 0) is 6.42 Å². The summed E-state index contributed by atoms with van der Waals surface area (Å²) in [5.41, 5.74) is 2.85. The summed E-state index contributed by atoms with van der Waals surface area (Å²) < 4.78 is 26.2. The first-order chi connectivity index (χ1) is 18.9. The number of halogens is 1. The summed E-state index contributed by atoms with van der Waals surface area (Å²) in [4.78, 5) is 27.3. The molecule has 0 bridgehead atoms. The van der Waals surface area contributed by atoms with E-state index in [1.165, 1.54) is 12.1 Å². The van der Waals surface area contributed by atoms with E-state index in [4.69, 9.17) is 24.5 Å². The number of rotatable bonds is 6. The molecule has 1 amide bonds. The average molecular weight is 531 g/mol. The van der Waals surface area contributed by atoms with E-state index >= 15 is 0 Å². The number of benzene rings is 2. The number of aryl methyl sites for hydroxylation is 2. The molecule has 9 nitrogen and oxygen atoms in total. The predicted molar refractivity (Wildman–Crippen MR) is 145 cm³/mol. The fourth-order valence-electron chi connectivity index (χ4n) is 5.06. The molecule has 2 aromatic carbocycles. The van der Waals surface area contributed by atoms with E-state index in [1.54, 1.807) is 35.0 Å². The van der Waals surface area contributed by atoms with Gasteiger partial charge in [0.1, 0.15) is 17.5 Å². The first kappa shape index (κ1) is 25.1. The van der Waals surface area contributed by atoms with Gasteiger partial charge in [-0.15, -0.1) is 0 Å². The van der Waals surface area contributed by atoms with Crippen LogP contribution in [-0.4, -0.2) is 63.5 Å². The fourth-order valence-corrected chi connectivity index (χ4v) is 5.06. The molecule has 2 aliphatic heterocycles. The highest BCUT2D eigenvalue weighted by Gasteiger charge is 2.28. The predicted octanol–water partition coefficient (Wildman–Crippen LogP) is 4.54. The quantitative estimate of drug-likeness (QED) is 0.362. The Morgan fingerprint density at radius 1 is 1.00 bits per heavy atom. The maximum atomic E-state index is 13.6. The second-order valence-corrected chi connectivity index (χ2v) is 10.4. The highest BCUT2D eigenvalue weighted by molar-refractivity contribution is 5.95. The molecule has 1 saturated heterocycles. The number of fused-ring (bicyclic) bond motifs is 2. The fraction of sp³-hybridized carbons (Fsp3) is 0.379. The maximum absolute atomic E-state index is 13.6. The van der Waals surface area contributed by atoms with Gasteiger partial charge in [-0.25, -0.2) is 19.0 Å². The van der Waals surface area contributed by atoms with Crippen molar-refractivity contribution in [3.05, 3.63) is 65.4 Å². The van der Waals surface area contributed by atoms with Crippen molar-refractivity contribution in [1.29, 1.82) is 0 Å². The molecular weight excluding hydrogens is 499 g/mol. The lowest BCUT2D eigenvalue weighted by Crippen LogP contribution is -2.49. The number of carbonyl (C=O) groups is 1. The van der Waals surface area contributed by atoms with Crippen molar-refractivity contribution >= 4 is 22.8 Å². The molecule has 39 heavy (non-hydrogen) atoms. The zero-order valence-electron chi connectivity index (χ0n) is 22.4. The lowest BCUT2D eigenvalue weighted by Gasteiger charge is -2.36. The van der Waals surface area contributed by atoms with E-state index in [0.717, 1.165) is 41.3 Å². The average Bonchev–Trinajstić information content (AvgIpc) is 3.55. The van der Waals surface area contributed by atoms with Crippen molar-refractivity contribution < 1.29 is 18.7 Å². The van der Waals surface area contributed by atoms with Gasteiger partial charge in [0.25, 0.3) is 5.91 Å². The summed E-state index contributed by atoms with van der Waals surface area (Å²) in [7, 11) is 0. The summed E-state index contributed by atoms with van der Waals surface area (Å²) in [6.07, 6.45) is 1.71. The molecule has 0 saturated carbocycles. The van der Waals surface area contributed by atoms with Gasteiger partial charge in [0.05, 0.1) is 16.8 Å². The third kappa shape index (κ3) is 4.86. The van der Waals surface area contributed by atoms with Crippen molar-refractivity contribution in [2.75, 3.05) is 37.9 Å². The van der Waals surface area contributed by atoms with Crippen LogP contribution >= 0.6 is 0 Å². The molecule has 4 heterocycles. The van der Waals surface area contributed by atoms with Crippen LogP contribution in [0, 0.1) is 18.7 Å². The Morgan fingerprint density at radius 3 is 2.49 bits per heavy atom. The van der Waals surface area contributed by atoms with Crippen LogP contribution in [0.25, 0.3) is 16.7 Å². The monoisotopic (exact) mass is 530 g/mol. The molecule has 4 aromatic rings. The molecule has 0 radical (unpaired) electrons. The highest BCUT2D eigenvalue weighted by Crippen LogP contribution is 2.34. The molecule has 2 aliphatic rings. The SMILES string of the molecule is Cc1nn(-c2ccc(F)cc2)c2nc(CCC(C)C)nc(N3CCN(C(=O)c4ccc5c(c4)OCO5)CC3)c12. The van der Waals surface area contributed by atoms with E-state index in [0.29, 0.717) is 54.8 Å². The molecule has 10 heteroatoms. The van der Waals surface area contributed by atoms with Gasteiger partial charge in [-0.05, 0) is 61.7 Å². The van der Waals surface area contributed by atoms with Crippen LogP contribution in [0.2, 0.25) is 0 Å². The first-order valence-corrected chi connectivity index (χ1v) is 13.3. The van der Waals surface area contributed by atoms with Crippen molar-refractivity contribution in [1.82, 2.24) is 24.6 Å². The Kier molecular flexibility index (Phi) is 6.54. The molecule has 1 fully saturated rings. The Morgan fingerprint density at radius 2 is 1.74 bits per heavy atom. The topological polar surface area (TPSA) is 85.6 Å². The second-order valence-electron chi connectivity index (χ2n) is 10.4. The van der Waals surface area contributed by atoms with Gasteiger partial charge in [0.2, 0.25) is 6.79 Å². The molecular formula is C29H31FN6O3. The Bertz CT molecular complexity index is 1530. The van der Waals surface area contributed by atoms with E-state index in [1.807, 2.05) is 11.8 Å². The summed E-state index contributed by atoms with van der Waals surface area (Å²) in [5.74, 6) is 3.04. The Hall–Kier alpha value is -4.21. The third-order valence-electron chi connectivity index (χ3n) is 7.23. The summed E-state index contributed by atoms with van der Waals surface area (Å²) in [6, 6.07) is 11.6. The van der Waals surface area contributed by atoms with Crippen LogP contribution in [0.4, 0.5) is 10.2 Å². The van der Waals surface area contributed by atoms with Gasteiger partial charge >= 0.3 is 0 Å². The molecule has 0 N–H and O–H groups in total. The zero-order chi connectivity index (χ0) is 27.1. The minimum Gasteiger partial charge on any atom is -0.454 e. The van der Waals surface area contributed by atoms with Gasteiger partial charge in [-0.3, -0.25) is 4.79 Å². The number of hydrogen-bond donors (Lipinski definition) is 0. The van der Waals surface area contributed by atoms with Crippen LogP contribution < -0.4 is 14.4 Å². The number of aromatic nitrogens is 4. The minimum absolute atomic E-state index is 0.0290. The number of ether oxygens (including phenoxy) is 2. The van der Waals surface area contributed by atoms with Crippen molar-refractivity contribution in [2.45, 2.75) is 33.6 Å². The Labute approximate surface area is 226 Å². The van der Waals surface area contributed by atoms with Crippen LogP contribution in [0.1, 0.15) is 42.1 Å². The van der Waals surface area contributed by atoms with Crippen LogP contribution in [0.5, 0.6) is 11.5 Å². The standard InChI is InChI=1S/C29H31FN6O3/c1-18(2)4-11-25-31-27(26-19(3)33-36(28(26)32-25)22-8-6-21(30)7-9-22)34-12-14-35(15-13-34)29(37)20-5-10-23-24(16-20)39-17-38-23/h5-10,16,18H,4,11-15,17H2,1-3H3. The van der Waals surface area contributed by atoms with Crippen molar-refractivity contribution in [3.63, 3.8) is 0 Å². The normalized spacial score (nSPS) is 15.0. The van der Waals surface area contributed by atoms with Gasteiger partial charge in [0.15, 0.2) is 17.1 Å². The first-order valence-electron chi connectivity index (χ1n) is 13.3. The number of hydrogen-bond acceptors (Lipinski definition) is 7. The molecule has 202 valence electrons. The van der Waals surface area contributed by atoms with Crippen molar-refractivity contribution in [3.8, 4) is 17.2 Å². The van der Waals surface area contributed by atoms with Crippen molar-refractivity contribution in [2.24, 2.45) is 5.92 Å².